The van der Waals surface area contributed by atoms with Gasteiger partial charge in [-0.15, -0.1) is 0 Å². The Kier molecular flexibility index (Phi) is 3.95. The van der Waals surface area contributed by atoms with Crippen LogP contribution in [0.25, 0.3) is 0 Å². The van der Waals surface area contributed by atoms with E-state index in [4.69, 9.17) is 15.2 Å². The number of benzene rings is 1. The minimum atomic E-state index is -0.195. The standard InChI is InChI=1S/C14H20N2O3/c1-18-10-4-5-12(15)11(8-10)13(17)16-9-14(19-2)6-3-7-14/h4-5,8H,3,6-7,9,15H2,1-2H3,(H,16,17). The lowest BCUT2D eigenvalue weighted by Gasteiger charge is -2.40. The van der Waals surface area contributed by atoms with Gasteiger partial charge in [-0.05, 0) is 37.5 Å². The molecular formula is C14H20N2O3. The van der Waals surface area contributed by atoms with Crippen LogP contribution in [0.15, 0.2) is 18.2 Å². The molecule has 0 aliphatic heterocycles. The van der Waals surface area contributed by atoms with E-state index in [0.29, 0.717) is 23.5 Å². The van der Waals surface area contributed by atoms with Gasteiger partial charge in [0.2, 0.25) is 0 Å². The molecule has 1 aliphatic carbocycles. The highest BCUT2D eigenvalue weighted by molar-refractivity contribution is 5.99. The highest BCUT2D eigenvalue weighted by atomic mass is 16.5. The second-order valence-electron chi connectivity index (χ2n) is 4.88. The van der Waals surface area contributed by atoms with Gasteiger partial charge in [0.25, 0.3) is 5.91 Å². The van der Waals surface area contributed by atoms with Crippen molar-refractivity contribution in [2.75, 3.05) is 26.5 Å². The number of methoxy groups -OCH3 is 2. The van der Waals surface area contributed by atoms with E-state index in [-0.39, 0.29) is 11.5 Å². The summed E-state index contributed by atoms with van der Waals surface area (Å²) in [5.74, 6) is 0.421. The van der Waals surface area contributed by atoms with Gasteiger partial charge < -0.3 is 20.5 Å². The average molecular weight is 264 g/mol. The summed E-state index contributed by atoms with van der Waals surface area (Å²) in [5, 5.41) is 2.89. The highest BCUT2D eigenvalue weighted by Gasteiger charge is 2.37. The molecule has 19 heavy (non-hydrogen) atoms. The Morgan fingerprint density at radius 1 is 1.42 bits per heavy atom. The molecule has 1 amide bonds. The number of rotatable bonds is 5. The summed E-state index contributed by atoms with van der Waals surface area (Å²) in [5.41, 5.74) is 6.50. The molecular weight excluding hydrogens is 244 g/mol. The third-order valence-electron chi connectivity index (χ3n) is 3.77. The number of anilines is 1. The van der Waals surface area contributed by atoms with E-state index in [2.05, 4.69) is 5.32 Å². The number of hydrogen-bond acceptors (Lipinski definition) is 4. The molecule has 0 radical (unpaired) electrons. The van der Waals surface area contributed by atoms with Gasteiger partial charge in [-0.1, -0.05) is 0 Å². The number of nitrogen functional groups attached to an aromatic ring is 1. The lowest BCUT2D eigenvalue weighted by molar-refractivity contribution is -0.0679. The van der Waals surface area contributed by atoms with Crippen molar-refractivity contribution in [3.63, 3.8) is 0 Å². The first-order valence-electron chi connectivity index (χ1n) is 6.37. The number of nitrogens with one attached hydrogen (secondary N) is 1. The monoisotopic (exact) mass is 264 g/mol. The van der Waals surface area contributed by atoms with Gasteiger partial charge in [0.1, 0.15) is 5.75 Å². The molecule has 1 saturated carbocycles. The highest BCUT2D eigenvalue weighted by Crippen LogP contribution is 2.34. The zero-order valence-corrected chi connectivity index (χ0v) is 11.4. The summed E-state index contributed by atoms with van der Waals surface area (Å²) in [6, 6.07) is 5.04. The summed E-state index contributed by atoms with van der Waals surface area (Å²) in [7, 11) is 3.24. The Balaban J connectivity index is 2.03. The number of ether oxygens (including phenoxy) is 2. The quantitative estimate of drug-likeness (QED) is 0.792. The lowest BCUT2D eigenvalue weighted by atomic mass is 9.80. The number of hydrogen-bond donors (Lipinski definition) is 2. The smallest absolute Gasteiger partial charge is 0.253 e. The van der Waals surface area contributed by atoms with E-state index in [9.17, 15) is 4.79 Å². The van der Waals surface area contributed by atoms with Crippen LogP contribution in [0, 0.1) is 0 Å². The van der Waals surface area contributed by atoms with Crippen molar-refractivity contribution in [2.24, 2.45) is 0 Å². The molecule has 2 rings (SSSR count). The Morgan fingerprint density at radius 3 is 2.68 bits per heavy atom. The largest absolute Gasteiger partial charge is 0.497 e. The molecule has 1 aromatic rings. The lowest BCUT2D eigenvalue weighted by Crippen LogP contribution is -2.49. The minimum Gasteiger partial charge on any atom is -0.497 e. The second kappa shape index (κ2) is 5.48. The number of carbonyl (C=O) groups is 1. The Bertz CT molecular complexity index is 464. The molecule has 104 valence electrons. The fourth-order valence-corrected chi connectivity index (χ4v) is 2.22. The molecule has 0 atom stereocenters. The molecule has 1 aliphatic rings. The summed E-state index contributed by atoms with van der Waals surface area (Å²) in [6.07, 6.45) is 3.11. The average Bonchev–Trinajstić information content (AvgIpc) is 2.38. The maximum atomic E-state index is 12.1. The van der Waals surface area contributed by atoms with Gasteiger partial charge in [-0.2, -0.15) is 0 Å². The van der Waals surface area contributed by atoms with E-state index in [0.717, 1.165) is 19.3 Å². The van der Waals surface area contributed by atoms with Crippen LogP contribution in [0.1, 0.15) is 29.6 Å². The second-order valence-corrected chi connectivity index (χ2v) is 4.88. The maximum Gasteiger partial charge on any atom is 0.253 e. The predicted octanol–water partition coefficient (Wildman–Crippen LogP) is 1.58. The number of amides is 1. The predicted molar refractivity (Wildman–Crippen MR) is 73.3 cm³/mol. The van der Waals surface area contributed by atoms with Gasteiger partial charge in [-0.25, -0.2) is 0 Å². The summed E-state index contributed by atoms with van der Waals surface area (Å²) in [4.78, 5) is 12.1. The molecule has 3 N–H and O–H groups in total. The first kappa shape index (κ1) is 13.7. The van der Waals surface area contributed by atoms with Crippen molar-refractivity contribution >= 4 is 11.6 Å². The van der Waals surface area contributed by atoms with E-state index in [1.165, 1.54) is 0 Å². The molecule has 0 bridgehead atoms. The SMILES string of the molecule is COc1ccc(N)c(C(=O)NCC2(OC)CCC2)c1. The zero-order valence-electron chi connectivity index (χ0n) is 11.4. The van der Waals surface area contributed by atoms with Gasteiger partial charge >= 0.3 is 0 Å². The van der Waals surface area contributed by atoms with Gasteiger partial charge in [0.05, 0.1) is 18.3 Å². The van der Waals surface area contributed by atoms with Gasteiger partial charge in [-0.3, -0.25) is 4.79 Å². The van der Waals surface area contributed by atoms with Crippen molar-refractivity contribution in [1.29, 1.82) is 0 Å². The first-order valence-corrected chi connectivity index (χ1v) is 6.37. The summed E-state index contributed by atoms with van der Waals surface area (Å²) in [6.45, 7) is 0.513. The van der Waals surface area contributed by atoms with Crippen LogP contribution in [0.5, 0.6) is 5.75 Å². The van der Waals surface area contributed by atoms with Crippen LogP contribution in [-0.4, -0.2) is 32.3 Å². The fraction of sp³-hybridized carbons (Fsp3) is 0.500. The maximum absolute atomic E-state index is 12.1. The molecule has 0 heterocycles. The number of carbonyl (C=O) groups excluding carboxylic acids is 1. The van der Waals surface area contributed by atoms with Crippen LogP contribution in [0.2, 0.25) is 0 Å². The molecule has 0 aromatic heterocycles. The van der Waals surface area contributed by atoms with Crippen LogP contribution < -0.4 is 15.8 Å². The number of nitrogens with two attached hydrogens (primary N) is 1. The van der Waals surface area contributed by atoms with Crippen LogP contribution in [-0.2, 0) is 4.74 Å². The van der Waals surface area contributed by atoms with E-state index >= 15 is 0 Å². The van der Waals surface area contributed by atoms with Crippen molar-refractivity contribution in [1.82, 2.24) is 5.32 Å². The normalized spacial score (nSPS) is 16.5. The van der Waals surface area contributed by atoms with Gasteiger partial charge in [0, 0.05) is 19.3 Å². The molecule has 0 unspecified atom stereocenters. The summed E-state index contributed by atoms with van der Waals surface area (Å²) >= 11 is 0. The van der Waals surface area contributed by atoms with Gasteiger partial charge in [0.15, 0.2) is 0 Å². The van der Waals surface area contributed by atoms with Crippen LogP contribution in [0.4, 0.5) is 5.69 Å². The topological polar surface area (TPSA) is 73.6 Å². The van der Waals surface area contributed by atoms with E-state index in [1.54, 1.807) is 32.4 Å². The van der Waals surface area contributed by atoms with Crippen molar-refractivity contribution in [3.05, 3.63) is 23.8 Å². The molecule has 0 spiro atoms. The third kappa shape index (κ3) is 2.81. The Morgan fingerprint density at radius 2 is 2.16 bits per heavy atom. The third-order valence-corrected chi connectivity index (χ3v) is 3.77. The molecule has 0 saturated heterocycles. The molecule has 5 heteroatoms. The van der Waals surface area contributed by atoms with Crippen LogP contribution >= 0.6 is 0 Å². The minimum absolute atomic E-state index is 0.191. The van der Waals surface area contributed by atoms with Crippen molar-refractivity contribution in [3.8, 4) is 5.75 Å². The molecule has 1 aromatic carbocycles. The Hall–Kier alpha value is -1.75. The van der Waals surface area contributed by atoms with E-state index < -0.39 is 0 Å². The molecule has 1 fully saturated rings. The zero-order chi connectivity index (χ0) is 13.9. The molecule has 5 nitrogen and oxygen atoms in total. The van der Waals surface area contributed by atoms with Crippen molar-refractivity contribution < 1.29 is 14.3 Å². The first-order chi connectivity index (χ1) is 9.10. The van der Waals surface area contributed by atoms with E-state index in [1.807, 2.05) is 0 Å². The van der Waals surface area contributed by atoms with Crippen LogP contribution in [0.3, 0.4) is 0 Å². The van der Waals surface area contributed by atoms with Crippen molar-refractivity contribution in [2.45, 2.75) is 24.9 Å². The fourth-order valence-electron chi connectivity index (χ4n) is 2.22. The Labute approximate surface area is 113 Å². The summed E-state index contributed by atoms with van der Waals surface area (Å²) < 4.78 is 10.6.